The lowest BCUT2D eigenvalue weighted by atomic mass is 10.3. The number of benzene rings is 1. The van der Waals surface area contributed by atoms with Crippen molar-refractivity contribution in [3.05, 3.63) is 29.8 Å². The normalized spacial score (nSPS) is 10.0. The van der Waals surface area contributed by atoms with Crippen LogP contribution in [0.25, 0.3) is 0 Å². The summed E-state index contributed by atoms with van der Waals surface area (Å²) >= 11 is 1.07. The highest BCUT2D eigenvalue weighted by atomic mass is 32.2. The molecule has 0 aromatic heterocycles. The molecular formula is C8H8F2N2S. The number of halogens is 2. The molecule has 13 heavy (non-hydrogen) atoms. The van der Waals surface area contributed by atoms with Crippen molar-refractivity contribution in [1.29, 1.82) is 5.41 Å². The number of amidine groups is 1. The molecule has 0 unspecified atom stereocenters. The lowest BCUT2D eigenvalue weighted by Gasteiger charge is -2.01. The summed E-state index contributed by atoms with van der Waals surface area (Å²) in [5.74, 6) is -1.05. The van der Waals surface area contributed by atoms with Crippen LogP contribution in [0.15, 0.2) is 23.1 Å². The van der Waals surface area contributed by atoms with Crippen LogP contribution in [0.2, 0.25) is 0 Å². The quantitative estimate of drug-likeness (QED) is 0.447. The third-order valence-corrected chi connectivity index (χ3v) is 2.37. The lowest BCUT2D eigenvalue weighted by Crippen LogP contribution is -2.12. The smallest absolute Gasteiger partial charge is 0.139 e. The van der Waals surface area contributed by atoms with E-state index in [0.717, 1.165) is 17.8 Å². The zero-order valence-corrected chi connectivity index (χ0v) is 7.50. The average molecular weight is 202 g/mol. The summed E-state index contributed by atoms with van der Waals surface area (Å²) in [6.45, 7) is 0. The molecule has 0 saturated carbocycles. The molecule has 0 aliphatic heterocycles. The van der Waals surface area contributed by atoms with Gasteiger partial charge in [-0.2, -0.15) is 0 Å². The van der Waals surface area contributed by atoms with E-state index in [1.807, 2.05) is 0 Å². The van der Waals surface area contributed by atoms with E-state index in [4.69, 9.17) is 11.1 Å². The Bertz CT molecular complexity index is 328. The van der Waals surface area contributed by atoms with Gasteiger partial charge >= 0.3 is 0 Å². The third-order valence-electron chi connectivity index (χ3n) is 1.28. The molecule has 0 atom stereocenters. The molecule has 0 saturated heterocycles. The number of hydrogen-bond acceptors (Lipinski definition) is 2. The molecule has 0 radical (unpaired) electrons. The van der Waals surface area contributed by atoms with Crippen molar-refractivity contribution in [2.75, 3.05) is 5.75 Å². The van der Waals surface area contributed by atoms with Gasteiger partial charge < -0.3 is 5.73 Å². The second-order valence-corrected chi connectivity index (χ2v) is 3.41. The van der Waals surface area contributed by atoms with E-state index in [2.05, 4.69) is 0 Å². The summed E-state index contributed by atoms with van der Waals surface area (Å²) in [7, 11) is 0. The van der Waals surface area contributed by atoms with Crippen LogP contribution in [0.4, 0.5) is 8.78 Å². The first kappa shape index (κ1) is 9.98. The van der Waals surface area contributed by atoms with Gasteiger partial charge in [0.1, 0.15) is 17.5 Å². The molecule has 3 N–H and O–H groups in total. The Morgan fingerprint density at radius 3 is 2.69 bits per heavy atom. The Hall–Kier alpha value is -1.10. The number of rotatable bonds is 3. The maximum absolute atomic E-state index is 12.9. The maximum Gasteiger partial charge on any atom is 0.139 e. The van der Waals surface area contributed by atoms with Crippen molar-refractivity contribution in [2.45, 2.75) is 4.90 Å². The van der Waals surface area contributed by atoms with Crippen molar-refractivity contribution in [2.24, 2.45) is 5.73 Å². The molecule has 0 aliphatic carbocycles. The minimum atomic E-state index is -0.619. The first-order valence-corrected chi connectivity index (χ1v) is 4.49. The highest BCUT2D eigenvalue weighted by Crippen LogP contribution is 2.21. The van der Waals surface area contributed by atoms with Gasteiger partial charge in [-0.05, 0) is 12.1 Å². The maximum atomic E-state index is 12.9. The van der Waals surface area contributed by atoms with Crippen molar-refractivity contribution >= 4 is 17.6 Å². The van der Waals surface area contributed by atoms with Gasteiger partial charge in [0.25, 0.3) is 0 Å². The number of hydrogen-bond donors (Lipinski definition) is 2. The topological polar surface area (TPSA) is 49.9 Å². The van der Waals surface area contributed by atoms with Gasteiger partial charge in [0.05, 0.1) is 5.75 Å². The van der Waals surface area contributed by atoms with E-state index in [9.17, 15) is 8.78 Å². The molecular weight excluding hydrogens is 194 g/mol. The van der Waals surface area contributed by atoms with Crippen LogP contribution in [0.5, 0.6) is 0 Å². The van der Waals surface area contributed by atoms with Crippen molar-refractivity contribution in [1.82, 2.24) is 0 Å². The molecule has 0 aliphatic rings. The average Bonchev–Trinajstić information content (AvgIpc) is 2.02. The number of nitrogens with one attached hydrogen (secondary N) is 1. The first-order chi connectivity index (χ1) is 6.09. The predicted molar refractivity (Wildman–Crippen MR) is 49.0 cm³/mol. The number of nitrogens with two attached hydrogens (primary N) is 1. The summed E-state index contributed by atoms with van der Waals surface area (Å²) in [6, 6.07) is 3.31. The third kappa shape index (κ3) is 3.02. The van der Waals surface area contributed by atoms with E-state index < -0.39 is 11.6 Å². The van der Waals surface area contributed by atoms with Crippen LogP contribution < -0.4 is 5.73 Å². The van der Waals surface area contributed by atoms with Gasteiger partial charge in [0.2, 0.25) is 0 Å². The fourth-order valence-electron chi connectivity index (χ4n) is 0.748. The van der Waals surface area contributed by atoms with Gasteiger partial charge in [-0.3, -0.25) is 5.41 Å². The molecule has 1 rings (SSSR count). The molecule has 0 fully saturated rings. The van der Waals surface area contributed by atoms with Crippen LogP contribution >= 0.6 is 11.8 Å². The molecule has 1 aromatic rings. The minimum Gasteiger partial charge on any atom is -0.387 e. The molecule has 0 spiro atoms. The van der Waals surface area contributed by atoms with E-state index in [0.29, 0.717) is 4.90 Å². The molecule has 5 heteroatoms. The van der Waals surface area contributed by atoms with Gasteiger partial charge in [-0.1, -0.05) is 0 Å². The fourth-order valence-corrected chi connectivity index (χ4v) is 1.42. The SMILES string of the molecule is N=C(N)CSc1ccc(F)cc1F. The van der Waals surface area contributed by atoms with E-state index in [1.165, 1.54) is 12.1 Å². The second-order valence-electron chi connectivity index (χ2n) is 2.39. The van der Waals surface area contributed by atoms with E-state index >= 15 is 0 Å². The van der Waals surface area contributed by atoms with Crippen LogP contribution in [-0.4, -0.2) is 11.6 Å². The van der Waals surface area contributed by atoms with Gasteiger partial charge in [0, 0.05) is 11.0 Å². The van der Waals surface area contributed by atoms with Crippen LogP contribution in [-0.2, 0) is 0 Å². The molecule has 1 aromatic carbocycles. The summed E-state index contributed by atoms with van der Waals surface area (Å²) in [4.78, 5) is 0.302. The second kappa shape index (κ2) is 4.23. The van der Waals surface area contributed by atoms with Crippen LogP contribution in [0.3, 0.4) is 0 Å². The highest BCUT2D eigenvalue weighted by molar-refractivity contribution is 8.00. The summed E-state index contributed by atoms with van der Waals surface area (Å²) in [5, 5.41) is 6.92. The van der Waals surface area contributed by atoms with Crippen molar-refractivity contribution < 1.29 is 8.78 Å². The Morgan fingerprint density at radius 2 is 2.15 bits per heavy atom. The van der Waals surface area contributed by atoms with Gasteiger partial charge in [-0.25, -0.2) is 8.78 Å². The number of thioether (sulfide) groups is 1. The standard InChI is InChI=1S/C8H8F2N2S/c9-5-1-2-7(6(10)3-5)13-4-8(11)12/h1-3H,4H2,(H3,11,12). The summed E-state index contributed by atoms with van der Waals surface area (Å²) in [6.07, 6.45) is 0. The summed E-state index contributed by atoms with van der Waals surface area (Å²) in [5.41, 5.74) is 5.09. The monoisotopic (exact) mass is 202 g/mol. The zero-order valence-electron chi connectivity index (χ0n) is 6.68. The molecule has 70 valence electrons. The largest absolute Gasteiger partial charge is 0.387 e. The fraction of sp³-hybridized carbons (Fsp3) is 0.125. The lowest BCUT2D eigenvalue weighted by molar-refractivity contribution is 0.566. The van der Waals surface area contributed by atoms with E-state index in [-0.39, 0.29) is 11.6 Å². The zero-order chi connectivity index (χ0) is 9.84. The van der Waals surface area contributed by atoms with Gasteiger partial charge in [0.15, 0.2) is 0 Å². The Kier molecular flexibility index (Phi) is 3.25. The van der Waals surface area contributed by atoms with E-state index in [1.54, 1.807) is 0 Å². The molecule has 2 nitrogen and oxygen atoms in total. The molecule has 0 amide bonds. The molecule has 0 heterocycles. The van der Waals surface area contributed by atoms with Crippen LogP contribution in [0.1, 0.15) is 0 Å². The predicted octanol–water partition coefficient (Wildman–Crippen LogP) is 1.99. The van der Waals surface area contributed by atoms with Crippen LogP contribution in [0, 0.1) is 17.0 Å². The van der Waals surface area contributed by atoms with Crippen molar-refractivity contribution in [3.8, 4) is 0 Å². The first-order valence-electron chi connectivity index (χ1n) is 3.50. The Balaban J connectivity index is 2.72. The van der Waals surface area contributed by atoms with Crippen molar-refractivity contribution in [3.63, 3.8) is 0 Å². The van der Waals surface area contributed by atoms with Gasteiger partial charge in [-0.15, -0.1) is 11.8 Å². The minimum absolute atomic E-state index is 0.0336. The highest BCUT2D eigenvalue weighted by Gasteiger charge is 2.04. The molecule has 0 bridgehead atoms. The Morgan fingerprint density at radius 1 is 1.46 bits per heavy atom. The Labute approximate surface area is 78.6 Å². The summed E-state index contributed by atoms with van der Waals surface area (Å²) < 4.78 is 25.4.